The summed E-state index contributed by atoms with van der Waals surface area (Å²) in [5.41, 5.74) is 3.09. The van der Waals surface area contributed by atoms with Crippen LogP contribution in [0.3, 0.4) is 0 Å². The number of fused-ring (bicyclic) bond motifs is 2. The molecule has 4 rings (SSSR count). The molecule has 1 N–H and O–H groups in total. The van der Waals surface area contributed by atoms with Crippen molar-refractivity contribution in [3.8, 4) is 0 Å². The number of ether oxygens (including phenoxy) is 1. The van der Waals surface area contributed by atoms with E-state index in [1.54, 1.807) is 0 Å². The molecule has 0 saturated carbocycles. The Balaban J connectivity index is 1.68. The van der Waals surface area contributed by atoms with Gasteiger partial charge in [0.2, 0.25) is 0 Å². The molecule has 1 aliphatic heterocycles. The highest BCUT2D eigenvalue weighted by atomic mass is 16.5. The molecule has 23 heavy (non-hydrogen) atoms. The lowest BCUT2D eigenvalue weighted by atomic mass is 9.77. The maximum atomic E-state index is 12.0. The standard InChI is InChI=1S/C16H19N5O2/c1-23-15(22)12-8-17-10-18-14(12)21-6-2-4-16(9-21)5-3-11-7-19-20-13(11)16/h7-8,10H,2-6,9H2,1H3,(H,19,20). The number of aryl methyl sites for hydroxylation is 1. The predicted molar refractivity (Wildman–Crippen MR) is 83.4 cm³/mol. The number of hydrogen-bond acceptors (Lipinski definition) is 6. The van der Waals surface area contributed by atoms with E-state index in [0.717, 1.165) is 38.8 Å². The number of aromatic nitrogens is 4. The van der Waals surface area contributed by atoms with E-state index in [4.69, 9.17) is 4.74 Å². The minimum absolute atomic E-state index is 0.0857. The molecule has 0 amide bonds. The Morgan fingerprint density at radius 1 is 1.39 bits per heavy atom. The number of nitrogens with zero attached hydrogens (tertiary/aromatic N) is 4. The first-order valence-corrected chi connectivity index (χ1v) is 7.89. The molecule has 1 atom stereocenters. The third-order valence-electron chi connectivity index (χ3n) is 5.09. The lowest BCUT2D eigenvalue weighted by Crippen LogP contribution is -2.46. The number of anilines is 1. The summed E-state index contributed by atoms with van der Waals surface area (Å²) in [6.07, 6.45) is 9.33. The van der Waals surface area contributed by atoms with Gasteiger partial charge in [0, 0.05) is 30.4 Å². The molecule has 3 heterocycles. The summed E-state index contributed by atoms with van der Waals surface area (Å²) < 4.78 is 4.87. The fraction of sp³-hybridized carbons (Fsp3) is 0.500. The van der Waals surface area contributed by atoms with Crippen LogP contribution in [0.5, 0.6) is 0 Å². The number of esters is 1. The molecule has 1 saturated heterocycles. The van der Waals surface area contributed by atoms with E-state index in [0.29, 0.717) is 11.4 Å². The molecule has 1 spiro atoms. The molecule has 2 aliphatic rings. The topological polar surface area (TPSA) is 84.0 Å². The average Bonchev–Trinajstić information content (AvgIpc) is 3.19. The zero-order valence-corrected chi connectivity index (χ0v) is 13.1. The van der Waals surface area contributed by atoms with Crippen molar-refractivity contribution >= 4 is 11.8 Å². The van der Waals surface area contributed by atoms with Crippen LogP contribution in [-0.4, -0.2) is 46.3 Å². The summed E-state index contributed by atoms with van der Waals surface area (Å²) in [6, 6.07) is 0. The van der Waals surface area contributed by atoms with Crippen molar-refractivity contribution < 1.29 is 9.53 Å². The van der Waals surface area contributed by atoms with E-state index in [1.165, 1.54) is 30.9 Å². The van der Waals surface area contributed by atoms with Crippen LogP contribution in [0.2, 0.25) is 0 Å². The predicted octanol–water partition coefficient (Wildman–Crippen LogP) is 1.47. The Kier molecular flexibility index (Phi) is 3.28. The molecule has 0 bridgehead atoms. The van der Waals surface area contributed by atoms with Crippen molar-refractivity contribution in [2.24, 2.45) is 0 Å². The SMILES string of the molecule is COC(=O)c1cncnc1N1CCCC2(CCc3cn[nH]c32)C1. The van der Waals surface area contributed by atoms with Crippen molar-refractivity contribution in [2.75, 3.05) is 25.1 Å². The van der Waals surface area contributed by atoms with E-state index in [1.807, 2.05) is 6.20 Å². The van der Waals surface area contributed by atoms with Crippen LogP contribution in [0.4, 0.5) is 5.82 Å². The number of H-pyrrole nitrogens is 1. The number of rotatable bonds is 2. The van der Waals surface area contributed by atoms with Gasteiger partial charge in [-0.05, 0) is 31.2 Å². The van der Waals surface area contributed by atoms with Crippen molar-refractivity contribution in [3.63, 3.8) is 0 Å². The van der Waals surface area contributed by atoms with Gasteiger partial charge in [-0.1, -0.05) is 0 Å². The van der Waals surface area contributed by atoms with Crippen LogP contribution in [0.1, 0.15) is 40.9 Å². The molecular formula is C16H19N5O2. The van der Waals surface area contributed by atoms with E-state index in [-0.39, 0.29) is 5.41 Å². The number of carbonyl (C=O) groups excluding carboxylic acids is 1. The summed E-state index contributed by atoms with van der Waals surface area (Å²) in [5, 5.41) is 7.40. The fourth-order valence-corrected chi connectivity index (χ4v) is 4.01. The molecular weight excluding hydrogens is 294 g/mol. The Morgan fingerprint density at radius 2 is 2.30 bits per heavy atom. The number of piperidine rings is 1. The molecule has 2 aromatic heterocycles. The smallest absolute Gasteiger partial charge is 0.343 e. The lowest BCUT2D eigenvalue weighted by Gasteiger charge is -2.41. The van der Waals surface area contributed by atoms with Gasteiger partial charge in [0.25, 0.3) is 0 Å². The first-order chi connectivity index (χ1) is 11.2. The summed E-state index contributed by atoms with van der Waals surface area (Å²) in [4.78, 5) is 22.5. The highest BCUT2D eigenvalue weighted by Gasteiger charge is 2.44. The number of aromatic amines is 1. The molecule has 120 valence electrons. The van der Waals surface area contributed by atoms with Gasteiger partial charge in [0.1, 0.15) is 17.7 Å². The summed E-state index contributed by atoms with van der Waals surface area (Å²) in [7, 11) is 1.38. The molecule has 7 nitrogen and oxygen atoms in total. The molecule has 1 aliphatic carbocycles. The molecule has 0 radical (unpaired) electrons. The second-order valence-corrected chi connectivity index (χ2v) is 6.33. The van der Waals surface area contributed by atoms with Crippen molar-refractivity contribution in [1.29, 1.82) is 0 Å². The van der Waals surface area contributed by atoms with Gasteiger partial charge < -0.3 is 9.64 Å². The van der Waals surface area contributed by atoms with E-state index < -0.39 is 5.97 Å². The maximum Gasteiger partial charge on any atom is 0.343 e. The van der Waals surface area contributed by atoms with Crippen LogP contribution in [-0.2, 0) is 16.6 Å². The monoisotopic (exact) mass is 313 g/mol. The number of nitrogens with one attached hydrogen (secondary N) is 1. The van der Waals surface area contributed by atoms with Crippen molar-refractivity contribution in [3.05, 3.63) is 35.5 Å². The van der Waals surface area contributed by atoms with Gasteiger partial charge in [-0.3, -0.25) is 5.10 Å². The van der Waals surface area contributed by atoms with E-state index in [2.05, 4.69) is 25.1 Å². The molecule has 7 heteroatoms. The molecule has 1 fully saturated rings. The highest BCUT2D eigenvalue weighted by molar-refractivity contribution is 5.94. The number of methoxy groups -OCH3 is 1. The normalized spacial score (nSPS) is 23.1. The largest absolute Gasteiger partial charge is 0.465 e. The Labute approximate surface area is 134 Å². The zero-order valence-electron chi connectivity index (χ0n) is 13.1. The lowest BCUT2D eigenvalue weighted by molar-refractivity contribution is 0.0600. The Morgan fingerprint density at radius 3 is 3.17 bits per heavy atom. The Bertz CT molecular complexity index is 744. The van der Waals surface area contributed by atoms with Crippen LogP contribution >= 0.6 is 0 Å². The minimum atomic E-state index is -0.395. The van der Waals surface area contributed by atoms with E-state index in [9.17, 15) is 4.79 Å². The molecule has 2 aromatic rings. The van der Waals surface area contributed by atoms with Gasteiger partial charge in [-0.2, -0.15) is 5.10 Å². The van der Waals surface area contributed by atoms with Gasteiger partial charge in [0.15, 0.2) is 0 Å². The van der Waals surface area contributed by atoms with Crippen LogP contribution < -0.4 is 4.90 Å². The number of hydrogen-bond donors (Lipinski definition) is 1. The minimum Gasteiger partial charge on any atom is -0.465 e. The van der Waals surface area contributed by atoms with Gasteiger partial charge in [-0.25, -0.2) is 14.8 Å². The average molecular weight is 313 g/mol. The van der Waals surface area contributed by atoms with Crippen LogP contribution in [0, 0.1) is 0 Å². The second kappa shape index (κ2) is 5.33. The van der Waals surface area contributed by atoms with Crippen molar-refractivity contribution in [1.82, 2.24) is 20.2 Å². The van der Waals surface area contributed by atoms with E-state index >= 15 is 0 Å². The van der Waals surface area contributed by atoms with Gasteiger partial charge in [-0.15, -0.1) is 0 Å². The van der Waals surface area contributed by atoms with Crippen LogP contribution in [0.15, 0.2) is 18.7 Å². The highest BCUT2D eigenvalue weighted by Crippen LogP contribution is 2.44. The third-order valence-corrected chi connectivity index (χ3v) is 5.09. The summed E-state index contributed by atoms with van der Waals surface area (Å²) >= 11 is 0. The third kappa shape index (κ3) is 2.18. The summed E-state index contributed by atoms with van der Waals surface area (Å²) in [5.74, 6) is 0.271. The van der Waals surface area contributed by atoms with Crippen LogP contribution in [0.25, 0.3) is 0 Å². The first-order valence-electron chi connectivity index (χ1n) is 7.89. The zero-order chi connectivity index (χ0) is 15.9. The first kappa shape index (κ1) is 14.2. The maximum absolute atomic E-state index is 12.0. The quantitative estimate of drug-likeness (QED) is 0.845. The summed E-state index contributed by atoms with van der Waals surface area (Å²) in [6.45, 7) is 1.72. The molecule has 1 unspecified atom stereocenters. The van der Waals surface area contributed by atoms with Crippen molar-refractivity contribution in [2.45, 2.75) is 31.1 Å². The van der Waals surface area contributed by atoms with Gasteiger partial charge >= 0.3 is 5.97 Å². The number of carbonyl (C=O) groups is 1. The Hall–Kier alpha value is -2.44. The second-order valence-electron chi connectivity index (χ2n) is 6.33. The van der Waals surface area contributed by atoms with Gasteiger partial charge in [0.05, 0.1) is 13.3 Å². The molecule has 0 aromatic carbocycles. The fourth-order valence-electron chi connectivity index (χ4n) is 4.01.